The number of amides is 1. The molecular formula is C18H20BrN3O2. The van der Waals surface area contributed by atoms with Crippen LogP contribution >= 0.6 is 15.9 Å². The summed E-state index contributed by atoms with van der Waals surface area (Å²) in [5, 5.41) is 3.08. The van der Waals surface area contributed by atoms with Crippen LogP contribution in [-0.2, 0) is 0 Å². The molecule has 0 atom stereocenters. The molecule has 2 aromatic heterocycles. The van der Waals surface area contributed by atoms with Crippen molar-refractivity contribution < 1.29 is 9.53 Å². The maximum absolute atomic E-state index is 12.3. The molecule has 1 aliphatic carbocycles. The summed E-state index contributed by atoms with van der Waals surface area (Å²) in [6.45, 7) is 2.01. The SMILES string of the molecule is Cc1ccc(OC2CCC(NC(=O)c3cncc(Br)c3)CC2)nc1. The van der Waals surface area contributed by atoms with E-state index in [0.29, 0.717) is 11.4 Å². The predicted octanol–water partition coefficient (Wildman–Crippen LogP) is 3.67. The molecule has 24 heavy (non-hydrogen) atoms. The van der Waals surface area contributed by atoms with Crippen molar-refractivity contribution in [3.63, 3.8) is 0 Å². The topological polar surface area (TPSA) is 64.1 Å². The van der Waals surface area contributed by atoms with Gasteiger partial charge in [-0.25, -0.2) is 4.98 Å². The van der Waals surface area contributed by atoms with Crippen LogP contribution in [0.3, 0.4) is 0 Å². The Morgan fingerprint density at radius 1 is 1.21 bits per heavy atom. The van der Waals surface area contributed by atoms with Gasteiger partial charge in [0.1, 0.15) is 6.10 Å². The lowest BCUT2D eigenvalue weighted by atomic mass is 9.92. The number of rotatable bonds is 4. The van der Waals surface area contributed by atoms with Crippen molar-refractivity contribution in [2.75, 3.05) is 0 Å². The number of carbonyl (C=O) groups is 1. The minimum absolute atomic E-state index is 0.0756. The molecule has 0 aliphatic heterocycles. The van der Waals surface area contributed by atoms with Gasteiger partial charge in [0.25, 0.3) is 5.91 Å². The van der Waals surface area contributed by atoms with Crippen molar-refractivity contribution >= 4 is 21.8 Å². The number of hydrogen-bond donors (Lipinski definition) is 1. The summed E-state index contributed by atoms with van der Waals surface area (Å²) in [6, 6.07) is 5.87. The van der Waals surface area contributed by atoms with Gasteiger partial charge >= 0.3 is 0 Å². The minimum Gasteiger partial charge on any atom is -0.474 e. The van der Waals surface area contributed by atoms with Crippen molar-refractivity contribution in [2.45, 2.75) is 44.8 Å². The second kappa shape index (κ2) is 7.75. The monoisotopic (exact) mass is 389 g/mol. The summed E-state index contributed by atoms with van der Waals surface area (Å²) < 4.78 is 6.73. The van der Waals surface area contributed by atoms with Gasteiger partial charge in [-0.3, -0.25) is 9.78 Å². The van der Waals surface area contributed by atoms with Gasteiger partial charge in [0.2, 0.25) is 5.88 Å². The van der Waals surface area contributed by atoms with Crippen molar-refractivity contribution in [1.82, 2.24) is 15.3 Å². The highest BCUT2D eigenvalue weighted by Gasteiger charge is 2.24. The van der Waals surface area contributed by atoms with Crippen LogP contribution in [0.5, 0.6) is 5.88 Å². The largest absolute Gasteiger partial charge is 0.474 e. The molecule has 0 unspecified atom stereocenters. The highest BCUT2D eigenvalue weighted by Crippen LogP contribution is 2.23. The fourth-order valence-electron chi connectivity index (χ4n) is 2.82. The molecule has 126 valence electrons. The molecule has 1 amide bonds. The summed E-state index contributed by atoms with van der Waals surface area (Å²) in [5.74, 6) is 0.599. The van der Waals surface area contributed by atoms with Crippen molar-refractivity contribution in [1.29, 1.82) is 0 Å². The van der Waals surface area contributed by atoms with Crippen LogP contribution in [0.2, 0.25) is 0 Å². The number of aromatic nitrogens is 2. The van der Waals surface area contributed by atoms with Gasteiger partial charge in [0, 0.05) is 35.2 Å². The summed E-state index contributed by atoms with van der Waals surface area (Å²) in [7, 11) is 0. The number of nitrogens with one attached hydrogen (secondary N) is 1. The standard InChI is InChI=1S/C18H20BrN3O2/c1-12-2-7-17(21-9-12)24-16-5-3-15(4-6-16)22-18(23)13-8-14(19)11-20-10-13/h2,7-11,15-16H,3-6H2,1H3,(H,22,23). The summed E-state index contributed by atoms with van der Waals surface area (Å²) >= 11 is 3.33. The Hall–Kier alpha value is -1.95. The first-order valence-corrected chi connectivity index (χ1v) is 8.90. The van der Waals surface area contributed by atoms with E-state index in [2.05, 4.69) is 31.2 Å². The zero-order valence-electron chi connectivity index (χ0n) is 13.5. The average Bonchev–Trinajstić information content (AvgIpc) is 2.59. The minimum atomic E-state index is -0.0756. The van der Waals surface area contributed by atoms with E-state index in [1.165, 1.54) is 0 Å². The highest BCUT2D eigenvalue weighted by atomic mass is 79.9. The lowest BCUT2D eigenvalue weighted by molar-refractivity contribution is 0.0889. The first-order chi connectivity index (χ1) is 11.6. The van der Waals surface area contributed by atoms with Gasteiger partial charge in [-0.05, 0) is 60.2 Å². The van der Waals surface area contributed by atoms with E-state index in [1.807, 2.05) is 25.3 Å². The van der Waals surface area contributed by atoms with E-state index >= 15 is 0 Å². The first-order valence-electron chi connectivity index (χ1n) is 8.11. The smallest absolute Gasteiger partial charge is 0.253 e. The van der Waals surface area contributed by atoms with Gasteiger partial charge in [-0.1, -0.05) is 6.07 Å². The third-order valence-corrected chi connectivity index (χ3v) is 4.58. The molecule has 0 radical (unpaired) electrons. The highest BCUT2D eigenvalue weighted by molar-refractivity contribution is 9.10. The Labute approximate surface area is 150 Å². The maximum atomic E-state index is 12.3. The zero-order valence-corrected chi connectivity index (χ0v) is 15.1. The Morgan fingerprint density at radius 2 is 2.00 bits per heavy atom. The van der Waals surface area contributed by atoms with Crippen molar-refractivity contribution in [3.05, 3.63) is 52.4 Å². The van der Waals surface area contributed by atoms with Gasteiger partial charge in [0.05, 0.1) is 5.56 Å². The maximum Gasteiger partial charge on any atom is 0.253 e. The fourth-order valence-corrected chi connectivity index (χ4v) is 3.19. The van der Waals surface area contributed by atoms with E-state index in [-0.39, 0.29) is 18.1 Å². The lowest BCUT2D eigenvalue weighted by Gasteiger charge is -2.29. The van der Waals surface area contributed by atoms with Crippen LogP contribution in [0, 0.1) is 6.92 Å². The summed E-state index contributed by atoms with van der Waals surface area (Å²) in [5.41, 5.74) is 1.70. The Morgan fingerprint density at radius 3 is 2.67 bits per heavy atom. The molecule has 0 bridgehead atoms. The van der Waals surface area contributed by atoms with Gasteiger partial charge < -0.3 is 10.1 Å². The molecule has 0 aromatic carbocycles. The third-order valence-electron chi connectivity index (χ3n) is 4.15. The molecule has 2 heterocycles. The molecule has 1 fully saturated rings. The predicted molar refractivity (Wildman–Crippen MR) is 95.0 cm³/mol. The van der Waals surface area contributed by atoms with Crippen LogP contribution in [-0.4, -0.2) is 28.0 Å². The van der Waals surface area contributed by atoms with Crippen molar-refractivity contribution in [3.8, 4) is 5.88 Å². The van der Waals surface area contributed by atoms with Crippen LogP contribution in [0.15, 0.2) is 41.3 Å². The summed E-state index contributed by atoms with van der Waals surface area (Å²) in [4.78, 5) is 20.6. The summed E-state index contributed by atoms with van der Waals surface area (Å²) in [6.07, 6.45) is 8.87. The number of nitrogens with zero attached hydrogens (tertiary/aromatic N) is 2. The molecule has 6 heteroatoms. The van der Waals surface area contributed by atoms with Crippen LogP contribution in [0.4, 0.5) is 0 Å². The third kappa shape index (κ3) is 4.54. The van der Waals surface area contributed by atoms with E-state index in [4.69, 9.17) is 4.74 Å². The number of hydrogen-bond acceptors (Lipinski definition) is 4. The van der Waals surface area contributed by atoms with Crippen molar-refractivity contribution in [2.24, 2.45) is 0 Å². The molecule has 2 aromatic rings. The number of ether oxygens (including phenoxy) is 1. The molecule has 3 rings (SSSR count). The van der Waals surface area contributed by atoms with Gasteiger partial charge in [-0.2, -0.15) is 0 Å². The second-order valence-corrected chi connectivity index (χ2v) is 7.05. The van der Waals surface area contributed by atoms with Crippen LogP contribution in [0.25, 0.3) is 0 Å². The number of aryl methyl sites for hydroxylation is 1. The van der Waals surface area contributed by atoms with E-state index < -0.39 is 0 Å². The number of carbonyl (C=O) groups excluding carboxylic acids is 1. The average molecular weight is 390 g/mol. The Balaban J connectivity index is 1.48. The zero-order chi connectivity index (χ0) is 16.9. The number of halogens is 1. The van der Waals surface area contributed by atoms with Crippen LogP contribution < -0.4 is 10.1 Å². The molecule has 0 saturated heterocycles. The normalized spacial score (nSPS) is 20.4. The Bertz CT molecular complexity index is 698. The molecule has 0 spiro atoms. The molecule has 1 aliphatic rings. The van der Waals surface area contributed by atoms with Crippen LogP contribution in [0.1, 0.15) is 41.6 Å². The van der Waals surface area contributed by atoms with E-state index in [1.54, 1.807) is 18.5 Å². The van der Waals surface area contributed by atoms with Gasteiger partial charge in [-0.15, -0.1) is 0 Å². The Kier molecular flexibility index (Phi) is 5.45. The van der Waals surface area contributed by atoms with E-state index in [9.17, 15) is 4.79 Å². The van der Waals surface area contributed by atoms with E-state index in [0.717, 1.165) is 35.7 Å². The lowest BCUT2D eigenvalue weighted by Crippen LogP contribution is -2.39. The second-order valence-electron chi connectivity index (χ2n) is 6.13. The quantitative estimate of drug-likeness (QED) is 0.866. The molecule has 5 nitrogen and oxygen atoms in total. The number of pyridine rings is 2. The van der Waals surface area contributed by atoms with Gasteiger partial charge in [0.15, 0.2) is 0 Å². The molecule has 1 N–H and O–H groups in total. The first kappa shape index (κ1) is 16.9. The molecule has 1 saturated carbocycles. The fraction of sp³-hybridized carbons (Fsp3) is 0.389. The molecular weight excluding hydrogens is 370 g/mol.